The zero-order chi connectivity index (χ0) is 13.9. The van der Waals surface area contributed by atoms with Crippen molar-refractivity contribution < 1.29 is 4.79 Å². The molecule has 3 heterocycles. The molecule has 0 spiro atoms. The zero-order valence-electron chi connectivity index (χ0n) is 10.8. The third-order valence-electron chi connectivity index (χ3n) is 2.96. The van der Waals surface area contributed by atoms with Gasteiger partial charge in [0.05, 0.1) is 22.8 Å². The minimum absolute atomic E-state index is 0.122. The Bertz CT molecular complexity index is 686. The Hall–Kier alpha value is -2.41. The van der Waals surface area contributed by atoms with E-state index in [-0.39, 0.29) is 11.9 Å². The quantitative estimate of drug-likeness (QED) is 0.688. The third kappa shape index (κ3) is 2.48. The van der Waals surface area contributed by atoms with E-state index in [1.807, 2.05) is 24.4 Å². The molecule has 102 valence electrons. The number of aromatic nitrogens is 4. The second-order valence-corrected chi connectivity index (χ2v) is 5.32. The number of thiophene rings is 1. The number of carbonyl (C=O) groups excluding carboxylic acids is 1. The van der Waals surface area contributed by atoms with Crippen molar-refractivity contribution in [2.45, 2.75) is 13.0 Å². The summed E-state index contributed by atoms with van der Waals surface area (Å²) in [5, 5.41) is 18.4. The molecule has 0 fully saturated rings. The van der Waals surface area contributed by atoms with Crippen LogP contribution in [0.15, 0.2) is 36.0 Å². The Balaban J connectivity index is 1.72. The van der Waals surface area contributed by atoms with Crippen LogP contribution in [0.1, 0.15) is 29.0 Å². The molecule has 3 N–H and O–H groups in total. The average Bonchev–Trinajstić information content (AvgIpc) is 3.19. The van der Waals surface area contributed by atoms with Crippen LogP contribution in [0, 0.1) is 0 Å². The van der Waals surface area contributed by atoms with Gasteiger partial charge in [-0.2, -0.15) is 10.2 Å². The molecule has 3 rings (SSSR count). The first-order chi connectivity index (χ1) is 9.74. The molecule has 0 aliphatic rings. The minimum Gasteiger partial charge on any atom is -0.344 e. The topological polar surface area (TPSA) is 86.5 Å². The summed E-state index contributed by atoms with van der Waals surface area (Å²) in [4.78, 5) is 13.2. The van der Waals surface area contributed by atoms with Gasteiger partial charge in [-0.3, -0.25) is 15.0 Å². The Kier molecular flexibility index (Phi) is 3.34. The maximum Gasteiger partial charge on any atom is 0.272 e. The monoisotopic (exact) mass is 287 g/mol. The van der Waals surface area contributed by atoms with Crippen LogP contribution in [0.25, 0.3) is 10.6 Å². The molecule has 0 aromatic carbocycles. The summed E-state index contributed by atoms with van der Waals surface area (Å²) >= 11 is 1.60. The van der Waals surface area contributed by atoms with E-state index in [4.69, 9.17) is 0 Å². The second kappa shape index (κ2) is 5.30. The molecule has 0 unspecified atom stereocenters. The molecule has 20 heavy (non-hydrogen) atoms. The van der Waals surface area contributed by atoms with Crippen molar-refractivity contribution in [1.29, 1.82) is 0 Å². The lowest BCUT2D eigenvalue weighted by atomic mass is 10.2. The summed E-state index contributed by atoms with van der Waals surface area (Å²) in [6, 6.07) is 5.57. The second-order valence-electron chi connectivity index (χ2n) is 4.37. The van der Waals surface area contributed by atoms with Gasteiger partial charge in [-0.15, -0.1) is 11.3 Å². The first-order valence-electron chi connectivity index (χ1n) is 6.13. The summed E-state index contributed by atoms with van der Waals surface area (Å²) < 4.78 is 0. The van der Waals surface area contributed by atoms with Crippen LogP contribution < -0.4 is 5.32 Å². The highest BCUT2D eigenvalue weighted by Gasteiger charge is 2.15. The fourth-order valence-corrected chi connectivity index (χ4v) is 2.54. The van der Waals surface area contributed by atoms with Gasteiger partial charge < -0.3 is 5.32 Å². The van der Waals surface area contributed by atoms with Gasteiger partial charge in [-0.25, -0.2) is 0 Å². The lowest BCUT2D eigenvalue weighted by molar-refractivity contribution is 0.0935. The van der Waals surface area contributed by atoms with Crippen molar-refractivity contribution in [3.8, 4) is 10.6 Å². The SMILES string of the molecule is C[C@H](NC(=O)c1cc(-c2cccs2)[nH]n1)c1cn[nH]c1. The molecule has 0 saturated heterocycles. The molecule has 7 heteroatoms. The van der Waals surface area contributed by atoms with E-state index in [9.17, 15) is 4.79 Å². The van der Waals surface area contributed by atoms with Crippen LogP contribution in [-0.4, -0.2) is 26.3 Å². The van der Waals surface area contributed by atoms with E-state index in [1.165, 1.54) is 0 Å². The smallest absolute Gasteiger partial charge is 0.272 e. The van der Waals surface area contributed by atoms with Crippen molar-refractivity contribution >= 4 is 17.2 Å². The fourth-order valence-electron chi connectivity index (χ4n) is 1.85. The van der Waals surface area contributed by atoms with Gasteiger partial charge in [0.15, 0.2) is 5.69 Å². The van der Waals surface area contributed by atoms with E-state index in [1.54, 1.807) is 29.8 Å². The van der Waals surface area contributed by atoms with Crippen molar-refractivity contribution in [3.05, 3.63) is 47.2 Å². The zero-order valence-corrected chi connectivity index (χ0v) is 11.6. The average molecular weight is 287 g/mol. The molecule has 1 amide bonds. The number of carbonyl (C=O) groups is 1. The third-order valence-corrected chi connectivity index (χ3v) is 3.87. The molecule has 3 aromatic rings. The highest BCUT2D eigenvalue weighted by Crippen LogP contribution is 2.23. The van der Waals surface area contributed by atoms with Gasteiger partial charge in [0.2, 0.25) is 0 Å². The Labute approximate surface area is 119 Å². The van der Waals surface area contributed by atoms with Gasteiger partial charge in [0.25, 0.3) is 5.91 Å². The number of aromatic amines is 2. The predicted octanol–water partition coefficient (Wildman–Crippen LogP) is 2.35. The van der Waals surface area contributed by atoms with Gasteiger partial charge in [-0.1, -0.05) is 6.07 Å². The molecule has 0 aliphatic heterocycles. The molecular formula is C13H13N5OS. The van der Waals surface area contributed by atoms with Gasteiger partial charge in [0, 0.05) is 11.8 Å². The van der Waals surface area contributed by atoms with E-state index in [0.29, 0.717) is 5.69 Å². The van der Waals surface area contributed by atoms with Crippen molar-refractivity contribution in [1.82, 2.24) is 25.7 Å². The van der Waals surface area contributed by atoms with E-state index in [0.717, 1.165) is 16.1 Å². The minimum atomic E-state index is -0.210. The molecule has 0 aliphatic carbocycles. The van der Waals surface area contributed by atoms with Crippen LogP contribution >= 0.6 is 11.3 Å². The summed E-state index contributed by atoms with van der Waals surface area (Å²) in [5.74, 6) is -0.210. The predicted molar refractivity (Wildman–Crippen MR) is 76.4 cm³/mol. The maximum absolute atomic E-state index is 12.1. The largest absolute Gasteiger partial charge is 0.344 e. The summed E-state index contributed by atoms with van der Waals surface area (Å²) in [5.41, 5.74) is 2.15. The highest BCUT2D eigenvalue weighted by molar-refractivity contribution is 7.13. The first kappa shape index (κ1) is 12.6. The number of hydrogen-bond acceptors (Lipinski definition) is 4. The number of nitrogens with zero attached hydrogens (tertiary/aromatic N) is 2. The number of nitrogens with one attached hydrogen (secondary N) is 3. The van der Waals surface area contributed by atoms with Gasteiger partial charge in [-0.05, 0) is 24.4 Å². The lowest BCUT2D eigenvalue weighted by Gasteiger charge is -2.10. The van der Waals surface area contributed by atoms with Crippen LogP contribution in [0.3, 0.4) is 0 Å². The highest BCUT2D eigenvalue weighted by atomic mass is 32.1. The van der Waals surface area contributed by atoms with E-state index >= 15 is 0 Å². The summed E-state index contributed by atoms with van der Waals surface area (Å²) in [7, 11) is 0. The Morgan fingerprint density at radius 1 is 1.50 bits per heavy atom. The summed E-state index contributed by atoms with van der Waals surface area (Å²) in [6.45, 7) is 1.90. The molecule has 0 radical (unpaired) electrons. The van der Waals surface area contributed by atoms with E-state index < -0.39 is 0 Å². The van der Waals surface area contributed by atoms with Gasteiger partial charge >= 0.3 is 0 Å². The Morgan fingerprint density at radius 3 is 3.10 bits per heavy atom. The van der Waals surface area contributed by atoms with Crippen molar-refractivity contribution in [2.75, 3.05) is 0 Å². The molecular weight excluding hydrogens is 274 g/mol. The normalized spacial score (nSPS) is 12.2. The standard InChI is InChI=1S/C13H13N5OS/c1-8(9-6-14-15-7-9)16-13(19)11-5-10(17-18-11)12-3-2-4-20-12/h2-8H,1H3,(H,14,15)(H,16,19)(H,17,18)/t8-/m0/s1. The van der Waals surface area contributed by atoms with Crippen LogP contribution in [0.5, 0.6) is 0 Å². The number of amides is 1. The number of rotatable bonds is 4. The van der Waals surface area contributed by atoms with Crippen molar-refractivity contribution in [3.63, 3.8) is 0 Å². The Morgan fingerprint density at radius 2 is 2.40 bits per heavy atom. The molecule has 3 aromatic heterocycles. The number of hydrogen-bond donors (Lipinski definition) is 3. The van der Waals surface area contributed by atoms with Gasteiger partial charge in [0.1, 0.15) is 0 Å². The maximum atomic E-state index is 12.1. The van der Waals surface area contributed by atoms with Crippen molar-refractivity contribution in [2.24, 2.45) is 0 Å². The van der Waals surface area contributed by atoms with E-state index in [2.05, 4.69) is 25.7 Å². The lowest BCUT2D eigenvalue weighted by Crippen LogP contribution is -2.26. The summed E-state index contributed by atoms with van der Waals surface area (Å²) in [6.07, 6.45) is 3.44. The number of H-pyrrole nitrogens is 2. The molecule has 0 saturated carbocycles. The first-order valence-corrected chi connectivity index (χ1v) is 7.01. The molecule has 1 atom stereocenters. The fraction of sp³-hybridized carbons (Fsp3) is 0.154. The van der Waals surface area contributed by atoms with Crippen LogP contribution in [-0.2, 0) is 0 Å². The van der Waals surface area contributed by atoms with Crippen LogP contribution in [0.2, 0.25) is 0 Å². The molecule has 0 bridgehead atoms. The molecule has 6 nitrogen and oxygen atoms in total. The van der Waals surface area contributed by atoms with Crippen LogP contribution in [0.4, 0.5) is 0 Å².